The van der Waals surface area contributed by atoms with Crippen molar-refractivity contribution in [1.29, 1.82) is 0 Å². The summed E-state index contributed by atoms with van der Waals surface area (Å²) in [7, 11) is 0. The smallest absolute Gasteiger partial charge is 0.338 e. The molecule has 2 rings (SSSR count). The number of anilines is 1. The normalized spacial score (nSPS) is 10.3. The van der Waals surface area contributed by atoms with Gasteiger partial charge < -0.3 is 10.5 Å². The molecule has 0 fully saturated rings. The fourth-order valence-electron chi connectivity index (χ4n) is 1.55. The summed E-state index contributed by atoms with van der Waals surface area (Å²) in [4.78, 5) is 11.8. The highest BCUT2D eigenvalue weighted by Crippen LogP contribution is 2.21. The summed E-state index contributed by atoms with van der Waals surface area (Å²) in [6.07, 6.45) is 0. The number of rotatable bonds is 3. The van der Waals surface area contributed by atoms with Gasteiger partial charge in [0.05, 0.1) is 16.3 Å². The minimum atomic E-state index is -0.590. The van der Waals surface area contributed by atoms with Gasteiger partial charge in [0.2, 0.25) is 0 Å². The average molecular weight is 359 g/mol. The highest BCUT2D eigenvalue weighted by Gasteiger charge is 2.11. The molecule has 2 N–H and O–H groups in total. The molecule has 0 radical (unpaired) electrons. The number of halogens is 3. The zero-order chi connectivity index (χ0) is 14.7. The van der Waals surface area contributed by atoms with Gasteiger partial charge in [-0.3, -0.25) is 0 Å². The molecule has 3 nitrogen and oxygen atoms in total. The van der Waals surface area contributed by atoms with Crippen molar-refractivity contribution in [3.8, 4) is 0 Å². The van der Waals surface area contributed by atoms with Gasteiger partial charge in [-0.15, -0.1) is 0 Å². The van der Waals surface area contributed by atoms with E-state index in [2.05, 4.69) is 15.9 Å². The highest BCUT2D eigenvalue weighted by molar-refractivity contribution is 9.10. The molecule has 0 unspecified atom stereocenters. The number of carbonyl (C=O) groups excluding carboxylic acids is 1. The largest absolute Gasteiger partial charge is 0.457 e. The van der Waals surface area contributed by atoms with Crippen LogP contribution in [0, 0.1) is 5.82 Å². The number of ether oxygens (including phenoxy) is 1. The SMILES string of the molecule is Nc1cc(C(=O)OCc2cc(Br)ccc2F)ccc1Cl. The van der Waals surface area contributed by atoms with Gasteiger partial charge in [0.1, 0.15) is 12.4 Å². The monoisotopic (exact) mass is 357 g/mol. The van der Waals surface area contributed by atoms with Crippen LogP contribution in [0.2, 0.25) is 5.02 Å². The van der Waals surface area contributed by atoms with Gasteiger partial charge in [-0.05, 0) is 36.4 Å². The first-order chi connectivity index (χ1) is 9.47. The molecular weight excluding hydrogens is 349 g/mol. The summed E-state index contributed by atoms with van der Waals surface area (Å²) < 4.78 is 19.2. The fraction of sp³-hybridized carbons (Fsp3) is 0.0714. The molecule has 0 bridgehead atoms. The number of carbonyl (C=O) groups is 1. The standard InChI is InChI=1S/C14H10BrClFNO2/c15-10-2-4-12(17)9(5-10)7-20-14(19)8-1-3-11(16)13(18)6-8/h1-6H,7,18H2. The van der Waals surface area contributed by atoms with Gasteiger partial charge in [-0.2, -0.15) is 0 Å². The number of nitrogens with two attached hydrogens (primary N) is 1. The quantitative estimate of drug-likeness (QED) is 0.661. The van der Waals surface area contributed by atoms with Gasteiger partial charge in [0.15, 0.2) is 0 Å². The second kappa shape index (κ2) is 6.24. The van der Waals surface area contributed by atoms with Gasteiger partial charge in [0.25, 0.3) is 0 Å². The molecule has 0 aliphatic rings. The number of esters is 1. The van der Waals surface area contributed by atoms with Crippen molar-refractivity contribution in [3.05, 3.63) is 62.8 Å². The van der Waals surface area contributed by atoms with E-state index < -0.39 is 11.8 Å². The number of nitrogen functional groups attached to an aromatic ring is 1. The molecule has 0 saturated carbocycles. The van der Waals surface area contributed by atoms with Crippen molar-refractivity contribution in [2.24, 2.45) is 0 Å². The molecule has 0 aromatic heterocycles. The first kappa shape index (κ1) is 14.8. The van der Waals surface area contributed by atoms with E-state index in [1.54, 1.807) is 12.1 Å². The van der Waals surface area contributed by atoms with Gasteiger partial charge in [-0.1, -0.05) is 27.5 Å². The maximum absolute atomic E-state index is 13.5. The Morgan fingerprint density at radius 2 is 2.05 bits per heavy atom. The topological polar surface area (TPSA) is 52.3 Å². The minimum Gasteiger partial charge on any atom is -0.457 e. The summed E-state index contributed by atoms with van der Waals surface area (Å²) in [6, 6.07) is 8.85. The fourth-order valence-corrected chi connectivity index (χ4v) is 2.08. The minimum absolute atomic E-state index is 0.160. The second-order valence-electron chi connectivity index (χ2n) is 4.05. The summed E-state index contributed by atoms with van der Waals surface area (Å²) in [5.74, 6) is -1.02. The lowest BCUT2D eigenvalue weighted by Crippen LogP contribution is -2.07. The van der Waals surface area contributed by atoms with E-state index in [9.17, 15) is 9.18 Å². The predicted octanol–water partition coefficient (Wildman–Crippen LogP) is 4.18. The van der Waals surface area contributed by atoms with E-state index in [1.807, 2.05) is 0 Å². The zero-order valence-corrected chi connectivity index (χ0v) is 12.5. The van der Waals surface area contributed by atoms with E-state index in [0.29, 0.717) is 9.50 Å². The maximum Gasteiger partial charge on any atom is 0.338 e. The summed E-state index contributed by atoms with van der Waals surface area (Å²) in [6.45, 7) is -0.160. The van der Waals surface area contributed by atoms with Crippen LogP contribution >= 0.6 is 27.5 Å². The van der Waals surface area contributed by atoms with Crippen LogP contribution in [0.5, 0.6) is 0 Å². The van der Waals surface area contributed by atoms with Crippen LogP contribution in [0.25, 0.3) is 0 Å². The molecule has 20 heavy (non-hydrogen) atoms. The molecular formula is C14H10BrClFNO2. The zero-order valence-electron chi connectivity index (χ0n) is 10.2. The highest BCUT2D eigenvalue weighted by atomic mass is 79.9. The second-order valence-corrected chi connectivity index (χ2v) is 5.37. The van der Waals surface area contributed by atoms with Crippen LogP contribution in [0.4, 0.5) is 10.1 Å². The Kier molecular flexibility index (Phi) is 4.62. The van der Waals surface area contributed by atoms with Gasteiger partial charge >= 0.3 is 5.97 Å². The molecule has 104 valence electrons. The van der Waals surface area contributed by atoms with Gasteiger partial charge in [-0.25, -0.2) is 9.18 Å². The van der Waals surface area contributed by atoms with Crippen LogP contribution in [-0.2, 0) is 11.3 Å². The summed E-state index contributed by atoms with van der Waals surface area (Å²) in [5, 5.41) is 0.361. The summed E-state index contributed by atoms with van der Waals surface area (Å²) in [5.41, 5.74) is 6.44. The first-order valence-electron chi connectivity index (χ1n) is 5.63. The molecule has 0 aliphatic heterocycles. The molecule has 6 heteroatoms. The number of hydrogen-bond acceptors (Lipinski definition) is 3. The Labute approximate surface area is 128 Å². The van der Waals surface area contributed by atoms with Crippen LogP contribution in [0.3, 0.4) is 0 Å². The Balaban J connectivity index is 2.08. The molecule has 0 atom stereocenters. The van der Waals surface area contributed by atoms with E-state index in [0.717, 1.165) is 0 Å². The molecule has 0 aliphatic carbocycles. The van der Waals surface area contributed by atoms with Crippen LogP contribution < -0.4 is 5.73 Å². The van der Waals surface area contributed by atoms with E-state index in [1.165, 1.54) is 24.3 Å². The van der Waals surface area contributed by atoms with Crippen molar-refractivity contribution < 1.29 is 13.9 Å². The third-order valence-electron chi connectivity index (χ3n) is 2.60. The molecule has 0 amide bonds. The third-order valence-corrected chi connectivity index (χ3v) is 3.44. The van der Waals surface area contributed by atoms with Crippen molar-refractivity contribution in [1.82, 2.24) is 0 Å². The Morgan fingerprint density at radius 1 is 1.30 bits per heavy atom. The lowest BCUT2D eigenvalue weighted by Gasteiger charge is -2.07. The third kappa shape index (κ3) is 3.49. The van der Waals surface area contributed by atoms with Crippen molar-refractivity contribution in [3.63, 3.8) is 0 Å². The predicted molar refractivity (Wildman–Crippen MR) is 79.1 cm³/mol. The van der Waals surface area contributed by atoms with Gasteiger partial charge in [0, 0.05) is 10.0 Å². The van der Waals surface area contributed by atoms with E-state index in [-0.39, 0.29) is 23.4 Å². The molecule has 2 aromatic carbocycles. The molecule has 0 saturated heterocycles. The Bertz CT molecular complexity index is 664. The lowest BCUT2D eigenvalue weighted by atomic mass is 10.2. The van der Waals surface area contributed by atoms with Crippen LogP contribution in [-0.4, -0.2) is 5.97 Å². The first-order valence-corrected chi connectivity index (χ1v) is 6.80. The molecule has 2 aromatic rings. The van der Waals surface area contributed by atoms with Crippen molar-refractivity contribution >= 4 is 39.2 Å². The molecule has 0 spiro atoms. The number of benzene rings is 2. The number of hydrogen-bond donors (Lipinski definition) is 1. The Morgan fingerprint density at radius 3 is 2.75 bits per heavy atom. The molecule has 0 heterocycles. The van der Waals surface area contributed by atoms with E-state index in [4.69, 9.17) is 22.1 Å². The summed E-state index contributed by atoms with van der Waals surface area (Å²) >= 11 is 8.99. The lowest BCUT2D eigenvalue weighted by molar-refractivity contribution is 0.0469. The van der Waals surface area contributed by atoms with Crippen molar-refractivity contribution in [2.45, 2.75) is 6.61 Å². The maximum atomic E-state index is 13.5. The van der Waals surface area contributed by atoms with E-state index >= 15 is 0 Å². The average Bonchev–Trinajstić information content (AvgIpc) is 2.42. The van der Waals surface area contributed by atoms with Crippen LogP contribution in [0.15, 0.2) is 40.9 Å². The van der Waals surface area contributed by atoms with Crippen molar-refractivity contribution in [2.75, 3.05) is 5.73 Å². The Hall–Kier alpha value is -1.59. The van der Waals surface area contributed by atoms with Crippen LogP contribution in [0.1, 0.15) is 15.9 Å².